The van der Waals surface area contributed by atoms with E-state index in [1.807, 2.05) is 18.8 Å². The third kappa shape index (κ3) is 1.30. The average molecular weight is 189 g/mol. The van der Waals surface area contributed by atoms with Crippen molar-refractivity contribution in [1.82, 2.24) is 15.1 Å². The normalized spacial score (nSPS) is 11.1. The van der Waals surface area contributed by atoms with Gasteiger partial charge in [0, 0.05) is 24.7 Å². The molecule has 0 fully saturated rings. The van der Waals surface area contributed by atoms with E-state index >= 15 is 0 Å². The van der Waals surface area contributed by atoms with E-state index < -0.39 is 0 Å². The number of hydrogen-bond donors (Lipinski definition) is 1. The second-order valence-corrected chi connectivity index (χ2v) is 3.55. The minimum atomic E-state index is 0.869. The Kier molecular flexibility index (Phi) is 2.25. The van der Waals surface area contributed by atoms with Gasteiger partial charge in [-0.3, -0.25) is 4.68 Å². The number of nitrogens with zero attached hydrogens (tertiary/aromatic N) is 2. The van der Waals surface area contributed by atoms with Crippen LogP contribution in [0.2, 0.25) is 0 Å². The molecule has 74 valence electrons. The monoisotopic (exact) mass is 189 g/mol. The fourth-order valence-corrected chi connectivity index (χ4v) is 1.73. The molecular formula is C11H15N3. The van der Waals surface area contributed by atoms with Crippen LogP contribution >= 0.6 is 0 Å². The van der Waals surface area contributed by atoms with Crippen LogP contribution < -0.4 is 5.32 Å². The van der Waals surface area contributed by atoms with E-state index in [0.717, 1.165) is 12.1 Å². The fourth-order valence-electron chi connectivity index (χ4n) is 1.73. The summed E-state index contributed by atoms with van der Waals surface area (Å²) in [4.78, 5) is 0. The molecular weight excluding hydrogens is 174 g/mol. The molecule has 14 heavy (non-hydrogen) atoms. The summed E-state index contributed by atoms with van der Waals surface area (Å²) in [6.45, 7) is 2.96. The molecule has 1 aromatic heterocycles. The highest BCUT2D eigenvalue weighted by Gasteiger charge is 2.07. The summed E-state index contributed by atoms with van der Waals surface area (Å²) in [7, 11) is 3.94. The molecule has 0 spiro atoms. The summed E-state index contributed by atoms with van der Waals surface area (Å²) in [5.41, 5.74) is 3.59. The maximum Gasteiger partial charge on any atom is 0.0970 e. The van der Waals surface area contributed by atoms with Crippen molar-refractivity contribution in [3.63, 3.8) is 0 Å². The van der Waals surface area contributed by atoms with Crippen molar-refractivity contribution in [2.75, 3.05) is 7.05 Å². The van der Waals surface area contributed by atoms with Crippen LogP contribution in [0.3, 0.4) is 0 Å². The Bertz CT molecular complexity index is 457. The molecule has 1 heterocycles. The van der Waals surface area contributed by atoms with Crippen molar-refractivity contribution < 1.29 is 0 Å². The van der Waals surface area contributed by atoms with E-state index in [4.69, 9.17) is 0 Å². The summed E-state index contributed by atoms with van der Waals surface area (Å²) in [5.74, 6) is 0. The molecule has 3 nitrogen and oxygen atoms in total. The van der Waals surface area contributed by atoms with Crippen molar-refractivity contribution in [3.05, 3.63) is 29.5 Å². The Balaban J connectivity index is 2.68. The molecule has 3 heteroatoms. The Morgan fingerprint density at radius 2 is 2.21 bits per heavy atom. The van der Waals surface area contributed by atoms with Crippen LogP contribution in [-0.4, -0.2) is 16.8 Å². The molecule has 0 aliphatic heterocycles. The molecule has 0 aliphatic carbocycles. The topological polar surface area (TPSA) is 29.9 Å². The molecule has 0 amide bonds. The smallest absolute Gasteiger partial charge is 0.0970 e. The van der Waals surface area contributed by atoms with Crippen LogP contribution in [0.15, 0.2) is 18.2 Å². The zero-order chi connectivity index (χ0) is 10.1. The molecule has 0 bridgehead atoms. The molecule has 0 unspecified atom stereocenters. The van der Waals surface area contributed by atoms with Crippen molar-refractivity contribution in [1.29, 1.82) is 0 Å². The van der Waals surface area contributed by atoms with E-state index in [-0.39, 0.29) is 0 Å². The van der Waals surface area contributed by atoms with Gasteiger partial charge in [-0.2, -0.15) is 5.10 Å². The number of fused-ring (bicyclic) bond motifs is 1. The highest BCUT2D eigenvalue weighted by Crippen LogP contribution is 2.20. The van der Waals surface area contributed by atoms with Crippen LogP contribution in [-0.2, 0) is 13.6 Å². The van der Waals surface area contributed by atoms with Gasteiger partial charge in [-0.25, -0.2) is 0 Å². The maximum atomic E-state index is 4.51. The quantitative estimate of drug-likeness (QED) is 0.777. The van der Waals surface area contributed by atoms with Gasteiger partial charge in [-0.15, -0.1) is 0 Å². The third-order valence-electron chi connectivity index (χ3n) is 2.61. The van der Waals surface area contributed by atoms with Gasteiger partial charge in [-0.05, 0) is 19.5 Å². The lowest BCUT2D eigenvalue weighted by atomic mass is 10.1. The van der Waals surface area contributed by atoms with Crippen molar-refractivity contribution in [2.24, 2.45) is 7.05 Å². The Labute approximate surface area is 83.7 Å². The zero-order valence-electron chi connectivity index (χ0n) is 8.83. The van der Waals surface area contributed by atoms with Gasteiger partial charge >= 0.3 is 0 Å². The van der Waals surface area contributed by atoms with Crippen LogP contribution in [0, 0.1) is 6.92 Å². The predicted octanol–water partition coefficient (Wildman–Crippen LogP) is 1.60. The largest absolute Gasteiger partial charge is 0.316 e. The van der Waals surface area contributed by atoms with E-state index in [2.05, 4.69) is 35.5 Å². The highest BCUT2D eigenvalue weighted by atomic mass is 15.3. The molecule has 2 rings (SSSR count). The summed E-state index contributed by atoms with van der Waals surface area (Å²) in [6.07, 6.45) is 0. The fraction of sp³-hybridized carbons (Fsp3) is 0.364. The third-order valence-corrected chi connectivity index (χ3v) is 2.61. The van der Waals surface area contributed by atoms with E-state index in [9.17, 15) is 0 Å². The van der Waals surface area contributed by atoms with Crippen molar-refractivity contribution in [3.8, 4) is 0 Å². The first-order valence-corrected chi connectivity index (χ1v) is 4.80. The van der Waals surface area contributed by atoms with Gasteiger partial charge < -0.3 is 5.32 Å². The summed E-state index contributed by atoms with van der Waals surface area (Å²) < 4.78 is 1.93. The Morgan fingerprint density at radius 1 is 1.43 bits per heavy atom. The van der Waals surface area contributed by atoms with Crippen LogP contribution in [0.1, 0.15) is 11.3 Å². The average Bonchev–Trinajstić information content (AvgIpc) is 2.46. The molecule has 0 saturated heterocycles. The number of benzene rings is 1. The van der Waals surface area contributed by atoms with Crippen LogP contribution in [0.4, 0.5) is 0 Å². The number of hydrogen-bond acceptors (Lipinski definition) is 2. The Hall–Kier alpha value is -1.35. The second-order valence-electron chi connectivity index (χ2n) is 3.55. The van der Waals surface area contributed by atoms with Crippen molar-refractivity contribution >= 4 is 10.9 Å². The molecule has 2 aromatic rings. The van der Waals surface area contributed by atoms with Gasteiger partial charge in [-0.1, -0.05) is 18.2 Å². The first-order chi connectivity index (χ1) is 6.74. The minimum Gasteiger partial charge on any atom is -0.316 e. The van der Waals surface area contributed by atoms with Gasteiger partial charge in [0.25, 0.3) is 0 Å². The zero-order valence-corrected chi connectivity index (χ0v) is 8.83. The second kappa shape index (κ2) is 3.42. The van der Waals surface area contributed by atoms with Gasteiger partial charge in [0.05, 0.1) is 5.52 Å². The molecule has 0 aliphatic rings. The van der Waals surface area contributed by atoms with E-state index in [1.54, 1.807) is 0 Å². The van der Waals surface area contributed by atoms with Gasteiger partial charge in [0.15, 0.2) is 0 Å². The van der Waals surface area contributed by atoms with Gasteiger partial charge in [0.2, 0.25) is 0 Å². The summed E-state index contributed by atoms with van der Waals surface area (Å²) >= 11 is 0. The molecule has 0 radical (unpaired) electrons. The standard InChI is InChI=1S/C11H15N3/c1-8-10-6-4-5-9(7-12-2)11(10)13-14(8)3/h4-6,12H,7H2,1-3H3. The predicted molar refractivity (Wildman–Crippen MR) is 58.2 cm³/mol. The lowest BCUT2D eigenvalue weighted by Crippen LogP contribution is -2.05. The van der Waals surface area contributed by atoms with Crippen LogP contribution in [0.5, 0.6) is 0 Å². The molecule has 1 N–H and O–H groups in total. The molecule has 1 aromatic carbocycles. The number of nitrogens with one attached hydrogen (secondary N) is 1. The Morgan fingerprint density at radius 3 is 2.93 bits per heavy atom. The number of rotatable bonds is 2. The van der Waals surface area contributed by atoms with Crippen molar-refractivity contribution in [2.45, 2.75) is 13.5 Å². The number of aryl methyl sites for hydroxylation is 2. The minimum absolute atomic E-state index is 0.869. The van der Waals surface area contributed by atoms with E-state index in [1.165, 1.54) is 16.6 Å². The first kappa shape index (κ1) is 9.21. The highest BCUT2D eigenvalue weighted by molar-refractivity contribution is 5.84. The molecule has 0 saturated carbocycles. The van der Waals surface area contributed by atoms with Crippen LogP contribution in [0.25, 0.3) is 10.9 Å². The molecule has 0 atom stereocenters. The van der Waals surface area contributed by atoms with Gasteiger partial charge in [0.1, 0.15) is 0 Å². The number of aromatic nitrogens is 2. The van der Waals surface area contributed by atoms with E-state index in [0.29, 0.717) is 0 Å². The SMILES string of the molecule is CNCc1cccc2c(C)n(C)nc12. The first-order valence-electron chi connectivity index (χ1n) is 4.80. The lowest BCUT2D eigenvalue weighted by molar-refractivity contribution is 0.746. The summed E-state index contributed by atoms with van der Waals surface area (Å²) in [5, 5.41) is 8.91. The maximum absolute atomic E-state index is 4.51. The summed E-state index contributed by atoms with van der Waals surface area (Å²) in [6, 6.07) is 6.33. The lowest BCUT2D eigenvalue weighted by Gasteiger charge is -1.99.